The molecule has 0 heterocycles. The molecule has 0 aliphatic rings. The van der Waals surface area contributed by atoms with Crippen molar-refractivity contribution in [1.82, 2.24) is 4.31 Å². The van der Waals surface area contributed by atoms with Gasteiger partial charge in [-0.25, -0.2) is 8.42 Å². The van der Waals surface area contributed by atoms with Gasteiger partial charge in [0.2, 0.25) is 10.0 Å². The van der Waals surface area contributed by atoms with E-state index in [9.17, 15) is 18.3 Å². The number of carbonyl (C=O) groups is 1. The van der Waals surface area contributed by atoms with E-state index < -0.39 is 21.5 Å². The molecule has 0 saturated carbocycles. The molecule has 8 heteroatoms. The van der Waals surface area contributed by atoms with Crippen LogP contribution in [0.1, 0.15) is 20.8 Å². The maximum Gasteiger partial charge on any atom is 0.324 e. The molecule has 0 bridgehead atoms. The lowest BCUT2D eigenvalue weighted by molar-refractivity contribution is -0.146. The molecule has 0 unspecified atom stereocenters. The van der Waals surface area contributed by atoms with Gasteiger partial charge < -0.3 is 5.11 Å². The van der Waals surface area contributed by atoms with Crippen molar-refractivity contribution in [3.63, 3.8) is 0 Å². The molecule has 0 aromatic heterocycles. The van der Waals surface area contributed by atoms with Crippen LogP contribution >= 0.6 is 31.9 Å². The van der Waals surface area contributed by atoms with Crippen molar-refractivity contribution in [3.8, 4) is 0 Å². The van der Waals surface area contributed by atoms with E-state index in [0.717, 1.165) is 4.31 Å². The molecule has 0 saturated heterocycles. The Balaban J connectivity index is 3.48. The summed E-state index contributed by atoms with van der Waals surface area (Å²) < 4.78 is 27.4. The molecule has 112 valence electrons. The second kappa shape index (κ2) is 6.13. The number of hydrogen-bond acceptors (Lipinski definition) is 3. The van der Waals surface area contributed by atoms with Crippen molar-refractivity contribution in [3.05, 3.63) is 27.1 Å². The summed E-state index contributed by atoms with van der Waals surface area (Å²) >= 11 is 6.41. The van der Waals surface area contributed by atoms with Gasteiger partial charge in [0, 0.05) is 15.5 Å². The largest absolute Gasteiger partial charge is 0.480 e. The van der Waals surface area contributed by atoms with Crippen LogP contribution in [0.15, 0.2) is 32.0 Å². The Morgan fingerprint density at radius 1 is 1.35 bits per heavy atom. The highest BCUT2D eigenvalue weighted by atomic mass is 79.9. The van der Waals surface area contributed by atoms with Crippen molar-refractivity contribution in [1.29, 1.82) is 0 Å². The van der Waals surface area contributed by atoms with E-state index in [1.807, 2.05) is 0 Å². The predicted octanol–water partition coefficient (Wildman–Crippen LogP) is 3.09. The first-order chi connectivity index (χ1) is 9.05. The molecule has 0 fully saturated rings. The van der Waals surface area contributed by atoms with Gasteiger partial charge in [0.1, 0.15) is 5.54 Å². The van der Waals surface area contributed by atoms with Gasteiger partial charge in [0.25, 0.3) is 0 Å². The quantitative estimate of drug-likeness (QED) is 0.781. The van der Waals surface area contributed by atoms with E-state index >= 15 is 0 Å². The van der Waals surface area contributed by atoms with Crippen LogP contribution in [0.25, 0.3) is 0 Å². The fourth-order valence-corrected chi connectivity index (χ4v) is 4.99. The fourth-order valence-electron chi connectivity index (χ4n) is 1.77. The average Bonchev–Trinajstić information content (AvgIpc) is 2.32. The number of halogens is 2. The summed E-state index contributed by atoms with van der Waals surface area (Å²) in [6, 6.07) is 4.74. The van der Waals surface area contributed by atoms with Crippen LogP contribution < -0.4 is 0 Å². The van der Waals surface area contributed by atoms with Gasteiger partial charge in [-0.15, -0.1) is 0 Å². The van der Waals surface area contributed by atoms with Crippen LogP contribution in [0.2, 0.25) is 0 Å². The van der Waals surface area contributed by atoms with Crippen molar-refractivity contribution >= 4 is 47.9 Å². The number of carboxylic acid groups (broad SMARTS) is 1. The van der Waals surface area contributed by atoms with Crippen molar-refractivity contribution in [2.45, 2.75) is 31.2 Å². The summed E-state index contributed by atoms with van der Waals surface area (Å²) in [5.41, 5.74) is -1.53. The van der Waals surface area contributed by atoms with Crippen LogP contribution in [0, 0.1) is 0 Å². The zero-order chi connectivity index (χ0) is 15.7. The van der Waals surface area contributed by atoms with Gasteiger partial charge in [0.15, 0.2) is 0 Å². The maximum absolute atomic E-state index is 12.7. The Morgan fingerprint density at radius 2 is 1.90 bits per heavy atom. The van der Waals surface area contributed by atoms with Crippen molar-refractivity contribution in [2.75, 3.05) is 6.54 Å². The number of sulfonamides is 1. The lowest BCUT2D eigenvalue weighted by atomic mass is 10.1. The van der Waals surface area contributed by atoms with Crippen LogP contribution in [0.3, 0.4) is 0 Å². The van der Waals surface area contributed by atoms with Crippen LogP contribution in [-0.4, -0.2) is 35.9 Å². The van der Waals surface area contributed by atoms with Crippen molar-refractivity contribution in [2.24, 2.45) is 0 Å². The average molecular weight is 429 g/mol. The van der Waals surface area contributed by atoms with E-state index in [1.54, 1.807) is 19.1 Å². The number of aliphatic carboxylic acids is 1. The summed E-state index contributed by atoms with van der Waals surface area (Å²) in [5, 5.41) is 9.25. The predicted molar refractivity (Wildman–Crippen MR) is 83.1 cm³/mol. The molecule has 0 radical (unpaired) electrons. The number of benzene rings is 1. The topological polar surface area (TPSA) is 74.7 Å². The van der Waals surface area contributed by atoms with Gasteiger partial charge in [-0.2, -0.15) is 4.31 Å². The van der Waals surface area contributed by atoms with Gasteiger partial charge in [-0.3, -0.25) is 4.79 Å². The first-order valence-electron chi connectivity index (χ1n) is 5.76. The minimum absolute atomic E-state index is 0.0306. The summed E-state index contributed by atoms with van der Waals surface area (Å²) in [6.07, 6.45) is 0. The highest BCUT2D eigenvalue weighted by molar-refractivity contribution is 9.11. The monoisotopic (exact) mass is 427 g/mol. The first kappa shape index (κ1) is 17.6. The molecule has 0 spiro atoms. The number of hydrogen-bond donors (Lipinski definition) is 1. The van der Waals surface area contributed by atoms with E-state index in [-0.39, 0.29) is 11.4 Å². The molecule has 1 N–H and O–H groups in total. The maximum atomic E-state index is 12.7. The molecule has 20 heavy (non-hydrogen) atoms. The SMILES string of the molecule is CCN(C(C)(C)C(=O)O)S(=O)(=O)c1cc(Br)ccc1Br. The molecular weight excluding hydrogens is 414 g/mol. The Morgan fingerprint density at radius 3 is 2.35 bits per heavy atom. The third-order valence-electron chi connectivity index (χ3n) is 2.90. The summed E-state index contributed by atoms with van der Waals surface area (Å²) in [4.78, 5) is 11.4. The number of rotatable bonds is 5. The molecule has 0 amide bonds. The third kappa shape index (κ3) is 3.24. The molecule has 0 aliphatic carbocycles. The second-order valence-electron chi connectivity index (χ2n) is 4.61. The smallest absolute Gasteiger partial charge is 0.324 e. The number of likely N-dealkylation sites (N-methyl/N-ethyl adjacent to an activating group) is 1. The van der Waals surface area contributed by atoms with Crippen molar-refractivity contribution < 1.29 is 18.3 Å². The summed E-state index contributed by atoms with van der Waals surface area (Å²) in [5.74, 6) is -1.20. The minimum Gasteiger partial charge on any atom is -0.480 e. The molecule has 1 aromatic rings. The van der Waals surface area contributed by atoms with E-state index in [0.29, 0.717) is 8.95 Å². The standard InChI is InChI=1S/C12H15Br2NO4S/c1-4-15(12(2,3)11(16)17)20(18,19)10-7-8(13)5-6-9(10)14/h5-7H,4H2,1-3H3,(H,16,17). The lowest BCUT2D eigenvalue weighted by Gasteiger charge is -2.33. The lowest BCUT2D eigenvalue weighted by Crippen LogP contribution is -2.52. The van der Waals surface area contributed by atoms with Gasteiger partial charge in [-0.1, -0.05) is 22.9 Å². The minimum atomic E-state index is -3.93. The molecule has 1 rings (SSSR count). The highest BCUT2D eigenvalue weighted by Gasteiger charge is 2.42. The summed E-state index contributed by atoms with van der Waals surface area (Å²) in [6.45, 7) is 4.39. The molecule has 0 atom stereocenters. The first-order valence-corrected chi connectivity index (χ1v) is 8.79. The Labute approximate surface area is 135 Å². The Bertz CT molecular complexity index is 628. The zero-order valence-corrected chi connectivity index (χ0v) is 15.2. The summed E-state index contributed by atoms with van der Waals surface area (Å²) in [7, 11) is -3.93. The fraction of sp³-hybridized carbons (Fsp3) is 0.417. The molecule has 0 aliphatic heterocycles. The number of carboxylic acids is 1. The molecular formula is C12H15Br2NO4S. The Hall–Kier alpha value is -0.440. The molecule has 5 nitrogen and oxygen atoms in total. The normalized spacial score (nSPS) is 12.7. The van der Waals surface area contributed by atoms with Crippen LogP contribution in [0.4, 0.5) is 0 Å². The molecule has 1 aromatic carbocycles. The van der Waals surface area contributed by atoms with Crippen LogP contribution in [-0.2, 0) is 14.8 Å². The van der Waals surface area contributed by atoms with E-state index in [4.69, 9.17) is 0 Å². The number of nitrogens with zero attached hydrogens (tertiary/aromatic N) is 1. The second-order valence-corrected chi connectivity index (χ2v) is 8.21. The zero-order valence-electron chi connectivity index (χ0n) is 11.2. The Kier molecular flexibility index (Phi) is 5.40. The van der Waals surface area contributed by atoms with Gasteiger partial charge in [0.05, 0.1) is 4.90 Å². The third-order valence-corrected chi connectivity index (χ3v) is 6.53. The van der Waals surface area contributed by atoms with E-state index in [1.165, 1.54) is 19.9 Å². The van der Waals surface area contributed by atoms with Gasteiger partial charge >= 0.3 is 5.97 Å². The van der Waals surface area contributed by atoms with Crippen LogP contribution in [0.5, 0.6) is 0 Å². The van der Waals surface area contributed by atoms with Gasteiger partial charge in [-0.05, 0) is 48.0 Å². The van der Waals surface area contributed by atoms with E-state index in [2.05, 4.69) is 31.9 Å². The highest BCUT2D eigenvalue weighted by Crippen LogP contribution is 2.31.